The Morgan fingerprint density at radius 2 is 0.932 bits per heavy atom. The minimum atomic E-state index is -3.59. The van der Waals surface area contributed by atoms with Crippen LogP contribution in [-0.4, -0.2) is 128 Å². The van der Waals surface area contributed by atoms with Gasteiger partial charge in [0.25, 0.3) is 0 Å². The molecular formula is C63H78F2N8O12SSi2. The Kier molecular flexibility index (Phi) is 23.9. The quantitative estimate of drug-likeness (QED) is 0.0318. The summed E-state index contributed by atoms with van der Waals surface area (Å²) in [7, 11) is -3.39. The van der Waals surface area contributed by atoms with Crippen molar-refractivity contribution >= 4 is 37.9 Å². The second kappa shape index (κ2) is 30.6. The molecule has 0 aliphatic heterocycles. The monoisotopic (exact) mass is 1260 g/mol. The fourth-order valence-electron chi connectivity index (χ4n) is 7.60. The zero-order valence-electron chi connectivity index (χ0n) is 52.0. The SMILES string of the molecule is COC(=O)C(C)(C)COc1ccc(-c2ccc(-c3nc(Oc4ccc(F)cc4)n(COCC[Si](C)(C)C)n3)cc2)cn1.COC(=O)C(C)(C)COc1ccc(-c2ccc(-c3nc(S(C)(=O)=O)n(COCC[Si](C)(C)C)n3)cc2)cn1.Oc1ccc(F)cc1. The Balaban J connectivity index is 0.000000250. The summed E-state index contributed by atoms with van der Waals surface area (Å²) in [5, 5.41) is 17.5. The van der Waals surface area contributed by atoms with Crippen LogP contribution in [0.3, 0.4) is 0 Å². The van der Waals surface area contributed by atoms with E-state index in [-0.39, 0.29) is 67.2 Å². The van der Waals surface area contributed by atoms with Gasteiger partial charge in [-0.15, -0.1) is 10.2 Å². The van der Waals surface area contributed by atoms with Crippen LogP contribution in [0.2, 0.25) is 51.4 Å². The van der Waals surface area contributed by atoms with Crippen LogP contribution in [0.1, 0.15) is 27.7 Å². The van der Waals surface area contributed by atoms with Crippen LogP contribution in [0.15, 0.2) is 139 Å². The molecule has 8 rings (SSSR count). The molecule has 0 spiro atoms. The summed E-state index contributed by atoms with van der Waals surface area (Å²) in [5.74, 6) is 0.758. The maximum Gasteiger partial charge on any atom is 0.323 e. The number of halogens is 2. The number of esters is 2. The molecule has 0 saturated carbocycles. The zero-order valence-corrected chi connectivity index (χ0v) is 54.9. The maximum absolute atomic E-state index is 13.4. The molecular weight excluding hydrogens is 1190 g/mol. The number of benzene rings is 4. The molecule has 0 atom stereocenters. The smallest absolute Gasteiger partial charge is 0.323 e. The molecule has 0 unspecified atom stereocenters. The number of hydrogen-bond acceptors (Lipinski definition) is 18. The van der Waals surface area contributed by atoms with Crippen LogP contribution in [0.4, 0.5) is 8.78 Å². The number of aromatic nitrogens is 8. The first-order chi connectivity index (χ1) is 41.4. The van der Waals surface area contributed by atoms with E-state index >= 15 is 0 Å². The number of aromatic hydroxyl groups is 1. The van der Waals surface area contributed by atoms with Crippen molar-refractivity contribution in [3.8, 4) is 74.3 Å². The van der Waals surface area contributed by atoms with E-state index < -0.39 is 36.8 Å². The van der Waals surface area contributed by atoms with Gasteiger partial charge in [0.2, 0.25) is 26.8 Å². The first kappa shape index (κ1) is 68.9. The summed E-state index contributed by atoms with van der Waals surface area (Å²) in [6, 6.07) is 35.5. The molecule has 4 aromatic heterocycles. The third-order valence-electron chi connectivity index (χ3n) is 12.9. The van der Waals surface area contributed by atoms with Gasteiger partial charge in [-0.2, -0.15) is 14.6 Å². The fourth-order valence-corrected chi connectivity index (χ4v) is 9.84. The van der Waals surface area contributed by atoms with Crippen LogP contribution in [0.25, 0.3) is 45.0 Å². The van der Waals surface area contributed by atoms with E-state index in [0.717, 1.165) is 46.2 Å². The summed E-state index contributed by atoms with van der Waals surface area (Å²) in [5.41, 5.74) is 3.51. The van der Waals surface area contributed by atoms with E-state index in [0.29, 0.717) is 47.9 Å². The van der Waals surface area contributed by atoms with Crippen LogP contribution in [-0.2, 0) is 51.8 Å². The number of pyridine rings is 2. The lowest BCUT2D eigenvalue weighted by Crippen LogP contribution is -2.32. The van der Waals surface area contributed by atoms with E-state index in [1.165, 1.54) is 55.3 Å². The van der Waals surface area contributed by atoms with Crippen molar-refractivity contribution in [1.29, 1.82) is 0 Å². The summed E-state index contributed by atoms with van der Waals surface area (Å²) in [6.07, 6.45) is 4.51. The van der Waals surface area contributed by atoms with Crippen molar-refractivity contribution in [3.63, 3.8) is 0 Å². The minimum Gasteiger partial charge on any atom is -0.508 e. The summed E-state index contributed by atoms with van der Waals surface area (Å²) >= 11 is 0. The molecule has 0 aliphatic rings. The number of carbonyl (C=O) groups excluding carboxylic acids is 2. The van der Waals surface area contributed by atoms with Gasteiger partial charge in [0.15, 0.2) is 11.6 Å². The topological polar surface area (TPSA) is 240 Å². The van der Waals surface area contributed by atoms with Crippen LogP contribution < -0.4 is 14.2 Å². The van der Waals surface area contributed by atoms with Gasteiger partial charge in [0, 0.05) is 82.4 Å². The van der Waals surface area contributed by atoms with E-state index in [2.05, 4.69) is 69.4 Å². The van der Waals surface area contributed by atoms with E-state index in [1.807, 2.05) is 60.7 Å². The van der Waals surface area contributed by atoms with Gasteiger partial charge in [-0.3, -0.25) is 9.59 Å². The molecule has 25 heteroatoms. The summed E-state index contributed by atoms with van der Waals surface area (Å²) < 4.78 is 91.4. The lowest BCUT2D eigenvalue weighted by molar-refractivity contribution is -0.153. The highest BCUT2D eigenvalue weighted by Gasteiger charge is 2.31. The molecule has 4 aromatic carbocycles. The Hall–Kier alpha value is -8.24. The Morgan fingerprint density at radius 1 is 0.545 bits per heavy atom. The molecule has 0 saturated heterocycles. The number of phenolic OH excluding ortho intramolecular Hbond substituents is 1. The lowest BCUT2D eigenvalue weighted by atomic mass is 9.95. The van der Waals surface area contributed by atoms with Crippen molar-refractivity contribution in [3.05, 3.63) is 145 Å². The molecule has 1 N–H and O–H groups in total. The summed E-state index contributed by atoms with van der Waals surface area (Å²) in [6.45, 7) is 22.3. The standard InChI is InChI=1S/C31H37FN4O5Si.C26H36N4O6SSi.C6H5FO/c1-31(2,29(37)38-3)20-40-27-16-11-24(19-33-27)22-7-9-23(10-8-22)28-34-30(41-26-14-12-25(32)13-15-26)36(35-28)21-39-17-18-42(4,5)6;1-26(2,24(31)34-3)17-36-22-13-12-21(16-27-22)19-8-10-20(11-9-19)23-28-25(37(4,32)33)30(29-23)18-35-14-15-38(5,6)7;7-5-1-3-6(8)4-2-5/h7-16,19H,17-18,20-21H2,1-6H3;8-13,16H,14-15,17-18H2,1-7H3;1-4,8H. The fraction of sp³-hybridized carbons (Fsp3) is 0.365. The van der Waals surface area contributed by atoms with Crippen molar-refractivity contribution < 1.29 is 65.1 Å². The van der Waals surface area contributed by atoms with Crippen molar-refractivity contribution in [2.45, 2.75) is 97.7 Å². The Labute approximate surface area is 515 Å². The van der Waals surface area contributed by atoms with Crippen molar-refractivity contribution in [1.82, 2.24) is 39.5 Å². The third-order valence-corrected chi connectivity index (χ3v) is 17.3. The van der Waals surface area contributed by atoms with Gasteiger partial charge < -0.3 is 38.3 Å². The molecule has 470 valence electrons. The van der Waals surface area contributed by atoms with Crippen molar-refractivity contribution in [2.75, 3.05) is 46.9 Å². The molecule has 0 radical (unpaired) electrons. The number of phenols is 1. The van der Waals surface area contributed by atoms with Gasteiger partial charge in [0.1, 0.15) is 49.8 Å². The highest BCUT2D eigenvalue weighted by atomic mass is 32.2. The lowest BCUT2D eigenvalue weighted by Gasteiger charge is -2.21. The maximum atomic E-state index is 13.4. The van der Waals surface area contributed by atoms with Gasteiger partial charge in [0.05, 0.1) is 25.0 Å². The average Bonchev–Trinajstić information content (AvgIpc) is 2.61. The molecule has 0 bridgehead atoms. The van der Waals surface area contributed by atoms with E-state index in [1.54, 1.807) is 69.0 Å². The predicted molar refractivity (Wildman–Crippen MR) is 336 cm³/mol. The number of hydrogen-bond donors (Lipinski definition) is 1. The second-order valence-corrected chi connectivity index (χ2v) is 37.3. The largest absolute Gasteiger partial charge is 0.508 e. The van der Waals surface area contributed by atoms with Gasteiger partial charge in [-0.25, -0.2) is 31.8 Å². The Morgan fingerprint density at radius 3 is 1.32 bits per heavy atom. The Bertz CT molecular complexity index is 3620. The first-order valence-corrected chi connectivity index (χ1v) is 37.4. The molecule has 0 fully saturated rings. The number of rotatable bonds is 25. The number of ether oxygens (including phenoxy) is 7. The second-order valence-electron chi connectivity index (χ2n) is 24.2. The molecule has 88 heavy (non-hydrogen) atoms. The van der Waals surface area contributed by atoms with Crippen LogP contribution >= 0.6 is 0 Å². The summed E-state index contributed by atoms with van der Waals surface area (Å²) in [4.78, 5) is 41.3. The predicted octanol–water partition coefficient (Wildman–Crippen LogP) is 12.7. The van der Waals surface area contributed by atoms with Gasteiger partial charge in [-0.05, 0) is 112 Å². The first-order valence-electron chi connectivity index (χ1n) is 28.1. The van der Waals surface area contributed by atoms with E-state index in [4.69, 9.17) is 38.3 Å². The highest BCUT2D eigenvalue weighted by Crippen LogP contribution is 2.30. The average molecular weight is 1270 g/mol. The molecule has 4 heterocycles. The normalized spacial score (nSPS) is 11.8. The minimum absolute atomic E-state index is 0.0227. The van der Waals surface area contributed by atoms with Crippen LogP contribution in [0, 0.1) is 22.5 Å². The molecule has 0 amide bonds. The molecule has 8 aromatic rings. The number of carbonyl (C=O) groups is 2. The van der Waals surface area contributed by atoms with Gasteiger partial charge >= 0.3 is 17.9 Å². The number of nitrogens with zero attached hydrogens (tertiary/aromatic N) is 8. The zero-order chi connectivity index (χ0) is 64.5. The van der Waals surface area contributed by atoms with Crippen molar-refractivity contribution in [2.24, 2.45) is 10.8 Å². The highest BCUT2D eigenvalue weighted by molar-refractivity contribution is 7.90. The molecule has 0 aliphatic carbocycles. The van der Waals surface area contributed by atoms with Gasteiger partial charge in [-0.1, -0.05) is 87.8 Å². The third kappa shape index (κ3) is 21.6. The molecule has 20 nitrogen and oxygen atoms in total. The van der Waals surface area contributed by atoms with E-state index in [9.17, 15) is 26.8 Å². The van der Waals surface area contributed by atoms with Crippen LogP contribution in [0.5, 0.6) is 29.3 Å². The number of methoxy groups -OCH3 is 2. The number of sulfone groups is 1.